The monoisotopic (exact) mass is 311 g/mol. The molecular formula is C13H12ClN2O3S-. The summed E-state index contributed by atoms with van der Waals surface area (Å²) >= 11 is 6.83. The van der Waals surface area contributed by atoms with E-state index in [2.05, 4.69) is 10.3 Å². The SMILES string of the molecule is Cc1nc(NCCOc2ccc(Cl)cc2)sc1C(=O)[O-]. The number of halogens is 1. The first-order valence-corrected chi connectivity index (χ1v) is 7.06. The lowest BCUT2D eigenvalue weighted by Crippen LogP contribution is -2.21. The Morgan fingerprint density at radius 1 is 1.45 bits per heavy atom. The lowest BCUT2D eigenvalue weighted by atomic mass is 10.3. The topological polar surface area (TPSA) is 74.3 Å². The quantitative estimate of drug-likeness (QED) is 0.825. The Kier molecular flexibility index (Phi) is 4.81. The molecule has 1 aromatic heterocycles. The smallest absolute Gasteiger partial charge is 0.183 e. The van der Waals surface area contributed by atoms with Crippen LogP contribution in [0.15, 0.2) is 24.3 Å². The Bertz CT molecular complexity index is 598. The number of aromatic carboxylic acids is 1. The van der Waals surface area contributed by atoms with Crippen molar-refractivity contribution in [3.05, 3.63) is 39.9 Å². The molecule has 0 unspecified atom stereocenters. The number of carboxylic acid groups (broad SMARTS) is 1. The van der Waals surface area contributed by atoms with E-state index in [0.717, 1.165) is 17.1 Å². The summed E-state index contributed by atoms with van der Waals surface area (Å²) in [7, 11) is 0. The largest absolute Gasteiger partial charge is 0.544 e. The van der Waals surface area contributed by atoms with E-state index in [0.29, 0.717) is 29.0 Å². The lowest BCUT2D eigenvalue weighted by molar-refractivity contribution is -0.254. The van der Waals surface area contributed by atoms with Crippen LogP contribution in [0.25, 0.3) is 0 Å². The van der Waals surface area contributed by atoms with Crippen LogP contribution in [0.3, 0.4) is 0 Å². The molecule has 0 fully saturated rings. The standard InChI is InChI=1S/C13H13ClN2O3S/c1-8-11(12(17)18)20-13(16-8)15-6-7-19-10-4-2-9(14)3-5-10/h2-5H,6-7H2,1H3,(H,15,16)(H,17,18)/p-1. The molecule has 0 bridgehead atoms. The maximum Gasteiger partial charge on any atom is 0.183 e. The molecule has 0 saturated heterocycles. The summed E-state index contributed by atoms with van der Waals surface area (Å²) in [4.78, 5) is 15.0. The fraction of sp³-hybridized carbons (Fsp3) is 0.231. The summed E-state index contributed by atoms with van der Waals surface area (Å²) in [5.74, 6) is -0.479. The minimum atomic E-state index is -1.20. The first kappa shape index (κ1) is 14.6. The summed E-state index contributed by atoms with van der Waals surface area (Å²) in [6.07, 6.45) is 0. The van der Waals surface area contributed by atoms with Crippen LogP contribution in [-0.2, 0) is 0 Å². The average molecular weight is 312 g/mol. The Hall–Kier alpha value is -1.79. The van der Waals surface area contributed by atoms with Gasteiger partial charge in [-0.25, -0.2) is 4.98 Å². The number of aryl methyl sites for hydroxylation is 1. The molecule has 0 aliphatic heterocycles. The number of nitrogens with one attached hydrogen (secondary N) is 1. The summed E-state index contributed by atoms with van der Waals surface area (Å²) in [5.41, 5.74) is 0.455. The predicted molar refractivity (Wildman–Crippen MR) is 76.6 cm³/mol. The van der Waals surface area contributed by atoms with Gasteiger partial charge in [0.25, 0.3) is 0 Å². The number of hydrogen-bond acceptors (Lipinski definition) is 6. The highest BCUT2D eigenvalue weighted by molar-refractivity contribution is 7.17. The number of benzene rings is 1. The van der Waals surface area contributed by atoms with Gasteiger partial charge >= 0.3 is 0 Å². The average Bonchev–Trinajstić information content (AvgIpc) is 2.78. The van der Waals surface area contributed by atoms with Crippen molar-refractivity contribution in [3.8, 4) is 5.75 Å². The van der Waals surface area contributed by atoms with Gasteiger partial charge in [-0.2, -0.15) is 0 Å². The lowest BCUT2D eigenvalue weighted by Gasteiger charge is -2.06. The van der Waals surface area contributed by atoms with Crippen molar-refractivity contribution in [2.75, 3.05) is 18.5 Å². The third kappa shape index (κ3) is 3.85. The van der Waals surface area contributed by atoms with Crippen molar-refractivity contribution in [1.29, 1.82) is 0 Å². The number of carbonyl (C=O) groups excluding carboxylic acids is 1. The normalized spacial score (nSPS) is 10.3. The highest BCUT2D eigenvalue weighted by Crippen LogP contribution is 2.21. The van der Waals surface area contributed by atoms with Crippen molar-refractivity contribution in [1.82, 2.24) is 4.98 Å². The molecule has 106 valence electrons. The van der Waals surface area contributed by atoms with Gasteiger partial charge in [0.15, 0.2) is 5.13 Å². The summed E-state index contributed by atoms with van der Waals surface area (Å²) in [5, 5.41) is 15.0. The highest BCUT2D eigenvalue weighted by atomic mass is 35.5. The number of aromatic nitrogens is 1. The molecule has 5 nitrogen and oxygen atoms in total. The van der Waals surface area contributed by atoms with Crippen LogP contribution < -0.4 is 15.2 Å². The number of nitrogens with zero attached hydrogens (tertiary/aromatic N) is 1. The van der Waals surface area contributed by atoms with E-state index in [9.17, 15) is 9.90 Å². The van der Waals surface area contributed by atoms with Gasteiger partial charge in [0.1, 0.15) is 12.4 Å². The molecule has 1 aromatic carbocycles. The zero-order valence-corrected chi connectivity index (χ0v) is 12.3. The van der Waals surface area contributed by atoms with Gasteiger partial charge in [0.05, 0.1) is 23.1 Å². The van der Waals surface area contributed by atoms with Gasteiger partial charge in [-0.1, -0.05) is 22.9 Å². The van der Waals surface area contributed by atoms with Gasteiger partial charge in [-0.3, -0.25) is 0 Å². The molecule has 20 heavy (non-hydrogen) atoms. The van der Waals surface area contributed by atoms with E-state index in [1.54, 1.807) is 31.2 Å². The molecule has 0 aliphatic carbocycles. The van der Waals surface area contributed by atoms with Gasteiger partial charge < -0.3 is 20.0 Å². The van der Waals surface area contributed by atoms with Crippen LogP contribution >= 0.6 is 22.9 Å². The number of anilines is 1. The van der Waals surface area contributed by atoms with Gasteiger partial charge in [-0.05, 0) is 31.2 Å². The van der Waals surface area contributed by atoms with E-state index in [-0.39, 0.29) is 4.88 Å². The number of hydrogen-bond donors (Lipinski definition) is 1. The van der Waals surface area contributed by atoms with Crippen molar-refractivity contribution in [2.45, 2.75) is 6.92 Å². The molecule has 0 spiro atoms. The molecule has 2 rings (SSSR count). The zero-order chi connectivity index (χ0) is 14.5. The summed E-state index contributed by atoms with van der Waals surface area (Å²) in [6.45, 7) is 2.58. The number of carboxylic acids is 1. The van der Waals surface area contributed by atoms with Crippen molar-refractivity contribution < 1.29 is 14.6 Å². The summed E-state index contributed by atoms with van der Waals surface area (Å²) in [6, 6.07) is 7.06. The highest BCUT2D eigenvalue weighted by Gasteiger charge is 2.07. The van der Waals surface area contributed by atoms with Crippen molar-refractivity contribution in [2.24, 2.45) is 0 Å². The second-order valence-electron chi connectivity index (χ2n) is 3.95. The molecule has 0 saturated carbocycles. The second kappa shape index (κ2) is 6.58. The van der Waals surface area contributed by atoms with E-state index in [4.69, 9.17) is 16.3 Å². The third-order valence-corrected chi connectivity index (χ3v) is 3.79. The first-order valence-electron chi connectivity index (χ1n) is 5.87. The van der Waals surface area contributed by atoms with Crippen molar-refractivity contribution >= 4 is 34.0 Å². The molecule has 7 heteroatoms. The Morgan fingerprint density at radius 3 is 2.75 bits per heavy atom. The van der Waals surface area contributed by atoms with Crippen LogP contribution in [0.2, 0.25) is 5.02 Å². The Balaban J connectivity index is 1.80. The van der Waals surface area contributed by atoms with Crippen molar-refractivity contribution in [3.63, 3.8) is 0 Å². The predicted octanol–water partition coefficient (Wildman–Crippen LogP) is 1.96. The van der Waals surface area contributed by atoms with E-state index < -0.39 is 5.97 Å². The van der Waals surface area contributed by atoms with Crippen LogP contribution in [0.5, 0.6) is 5.75 Å². The molecular weight excluding hydrogens is 300 g/mol. The zero-order valence-electron chi connectivity index (χ0n) is 10.7. The molecule has 1 heterocycles. The van der Waals surface area contributed by atoms with E-state index >= 15 is 0 Å². The molecule has 0 radical (unpaired) electrons. The molecule has 1 N–H and O–H groups in total. The van der Waals surface area contributed by atoms with E-state index in [1.807, 2.05) is 0 Å². The van der Waals surface area contributed by atoms with Crippen LogP contribution in [0.4, 0.5) is 5.13 Å². The summed E-state index contributed by atoms with van der Waals surface area (Å²) < 4.78 is 5.49. The Labute approximate surface area is 125 Å². The Morgan fingerprint density at radius 2 is 2.15 bits per heavy atom. The van der Waals surface area contributed by atoms with Gasteiger partial charge in [0, 0.05) is 5.02 Å². The maximum absolute atomic E-state index is 10.8. The first-order chi connectivity index (χ1) is 9.56. The van der Waals surface area contributed by atoms with E-state index in [1.165, 1.54) is 0 Å². The van der Waals surface area contributed by atoms with Gasteiger partial charge in [-0.15, -0.1) is 0 Å². The second-order valence-corrected chi connectivity index (χ2v) is 5.39. The maximum atomic E-state index is 10.8. The number of thiazole rings is 1. The molecule has 2 aromatic rings. The molecule has 0 aliphatic rings. The molecule has 0 amide bonds. The fourth-order valence-electron chi connectivity index (χ4n) is 1.52. The third-order valence-electron chi connectivity index (χ3n) is 2.44. The minimum Gasteiger partial charge on any atom is -0.544 e. The number of carbonyl (C=O) groups is 1. The number of rotatable bonds is 6. The van der Waals surface area contributed by atoms with Gasteiger partial charge in [0.2, 0.25) is 0 Å². The van der Waals surface area contributed by atoms with Crippen LogP contribution in [-0.4, -0.2) is 24.1 Å². The van der Waals surface area contributed by atoms with Crippen LogP contribution in [0.1, 0.15) is 15.4 Å². The minimum absolute atomic E-state index is 0.145. The van der Waals surface area contributed by atoms with Crippen LogP contribution in [0, 0.1) is 6.92 Å². The molecule has 0 atom stereocenters. The fourth-order valence-corrected chi connectivity index (χ4v) is 2.47. The number of ether oxygens (including phenoxy) is 1.